The molecule has 0 radical (unpaired) electrons. The maximum Gasteiger partial charge on any atom is 0.128 e. The predicted octanol–water partition coefficient (Wildman–Crippen LogP) is 3.68. The summed E-state index contributed by atoms with van der Waals surface area (Å²) in [5.74, 6) is 0.769. The molecule has 0 amide bonds. The second kappa shape index (κ2) is 6.89. The van der Waals surface area contributed by atoms with Gasteiger partial charge in [0.1, 0.15) is 11.6 Å². The summed E-state index contributed by atoms with van der Waals surface area (Å²) in [6.07, 6.45) is 0. The highest BCUT2D eigenvalue weighted by Crippen LogP contribution is 2.13. The Morgan fingerprint density at radius 2 is 1.75 bits per heavy atom. The normalized spacial score (nSPS) is 10.3. The van der Waals surface area contributed by atoms with Crippen molar-refractivity contribution in [3.8, 4) is 0 Å². The molecular weight excluding hydrogens is 253 g/mol. The van der Waals surface area contributed by atoms with E-state index < -0.39 is 0 Å². The molecule has 1 N–H and O–H groups in total. The third-order valence-electron chi connectivity index (χ3n) is 3.20. The lowest BCUT2D eigenvalue weighted by atomic mass is 10.3. The molecule has 2 rings (SSSR count). The van der Waals surface area contributed by atoms with Crippen LogP contribution in [-0.4, -0.2) is 18.1 Å². The lowest BCUT2D eigenvalue weighted by Crippen LogP contribution is -2.23. The van der Waals surface area contributed by atoms with Gasteiger partial charge in [-0.1, -0.05) is 6.07 Å². The molecule has 0 bridgehead atoms. The number of nitrogens with zero attached hydrogens (tertiary/aromatic N) is 2. The van der Waals surface area contributed by atoms with Crippen LogP contribution in [0.25, 0.3) is 0 Å². The van der Waals surface area contributed by atoms with Crippen LogP contribution in [-0.2, 0) is 6.54 Å². The van der Waals surface area contributed by atoms with Gasteiger partial charge in [-0.05, 0) is 50.2 Å². The van der Waals surface area contributed by atoms with E-state index in [1.165, 1.54) is 12.1 Å². The van der Waals surface area contributed by atoms with Crippen molar-refractivity contribution in [1.82, 2.24) is 4.98 Å². The van der Waals surface area contributed by atoms with Crippen LogP contribution in [0.15, 0.2) is 42.5 Å². The summed E-state index contributed by atoms with van der Waals surface area (Å²) in [6, 6.07) is 12.4. The quantitative estimate of drug-likeness (QED) is 0.870. The largest absolute Gasteiger partial charge is 0.379 e. The fraction of sp³-hybridized carbons (Fsp3) is 0.312. The van der Waals surface area contributed by atoms with Gasteiger partial charge in [-0.3, -0.25) is 0 Å². The van der Waals surface area contributed by atoms with Gasteiger partial charge in [0.2, 0.25) is 0 Å². The van der Waals surface area contributed by atoms with Gasteiger partial charge in [-0.25, -0.2) is 9.37 Å². The van der Waals surface area contributed by atoms with E-state index in [9.17, 15) is 4.39 Å². The van der Waals surface area contributed by atoms with E-state index in [0.29, 0.717) is 6.54 Å². The third-order valence-corrected chi connectivity index (χ3v) is 3.20. The lowest BCUT2D eigenvalue weighted by molar-refractivity contribution is 0.628. The van der Waals surface area contributed by atoms with E-state index in [1.54, 1.807) is 12.1 Å². The molecule has 4 heteroatoms. The Morgan fingerprint density at radius 3 is 2.40 bits per heavy atom. The van der Waals surface area contributed by atoms with Gasteiger partial charge in [-0.2, -0.15) is 0 Å². The summed E-state index contributed by atoms with van der Waals surface area (Å²) in [5, 5.41) is 3.24. The monoisotopic (exact) mass is 273 g/mol. The zero-order valence-corrected chi connectivity index (χ0v) is 11.9. The van der Waals surface area contributed by atoms with Crippen molar-refractivity contribution in [3.63, 3.8) is 0 Å². The van der Waals surface area contributed by atoms with E-state index in [1.807, 2.05) is 18.2 Å². The Labute approximate surface area is 119 Å². The van der Waals surface area contributed by atoms with Crippen LogP contribution in [0.4, 0.5) is 15.9 Å². The molecule has 0 aliphatic carbocycles. The number of anilines is 2. The van der Waals surface area contributed by atoms with Gasteiger partial charge >= 0.3 is 0 Å². The van der Waals surface area contributed by atoms with Crippen LogP contribution in [0.5, 0.6) is 0 Å². The van der Waals surface area contributed by atoms with Crippen molar-refractivity contribution in [1.29, 1.82) is 0 Å². The van der Waals surface area contributed by atoms with Crippen molar-refractivity contribution >= 4 is 11.5 Å². The highest BCUT2D eigenvalue weighted by molar-refractivity contribution is 5.44. The molecule has 1 aromatic heterocycles. The first-order chi connectivity index (χ1) is 9.72. The molecule has 0 aliphatic rings. The van der Waals surface area contributed by atoms with Gasteiger partial charge in [0.25, 0.3) is 0 Å². The summed E-state index contributed by atoms with van der Waals surface area (Å²) < 4.78 is 12.8. The van der Waals surface area contributed by atoms with E-state index in [2.05, 4.69) is 29.0 Å². The van der Waals surface area contributed by atoms with Gasteiger partial charge in [0, 0.05) is 18.8 Å². The number of rotatable bonds is 6. The molecule has 20 heavy (non-hydrogen) atoms. The fourth-order valence-electron chi connectivity index (χ4n) is 2.05. The summed E-state index contributed by atoms with van der Waals surface area (Å²) in [6.45, 7) is 6.75. The minimum absolute atomic E-state index is 0.225. The molecule has 1 aromatic carbocycles. The van der Waals surface area contributed by atoms with Crippen LogP contribution in [0.1, 0.15) is 19.5 Å². The number of hydrogen-bond donors (Lipinski definition) is 1. The second-order valence-electron chi connectivity index (χ2n) is 4.52. The van der Waals surface area contributed by atoms with Crippen molar-refractivity contribution in [3.05, 3.63) is 54.0 Å². The Kier molecular flexibility index (Phi) is 4.93. The number of hydrogen-bond acceptors (Lipinski definition) is 3. The minimum Gasteiger partial charge on any atom is -0.379 e. The lowest BCUT2D eigenvalue weighted by Gasteiger charge is -2.20. The Balaban J connectivity index is 2.02. The SMILES string of the molecule is CCN(CC)c1cccc(CNc2ccc(F)cc2)n1. The number of nitrogens with one attached hydrogen (secondary N) is 1. The molecule has 0 saturated carbocycles. The molecule has 0 spiro atoms. The number of halogens is 1. The number of pyridine rings is 1. The molecule has 2 aromatic rings. The maximum atomic E-state index is 12.8. The Morgan fingerprint density at radius 1 is 1.05 bits per heavy atom. The van der Waals surface area contributed by atoms with Crippen LogP contribution < -0.4 is 10.2 Å². The van der Waals surface area contributed by atoms with Crippen LogP contribution in [0.3, 0.4) is 0 Å². The first-order valence-electron chi connectivity index (χ1n) is 6.93. The summed E-state index contributed by atoms with van der Waals surface area (Å²) in [7, 11) is 0. The average molecular weight is 273 g/mol. The predicted molar refractivity (Wildman–Crippen MR) is 81.5 cm³/mol. The van der Waals surface area contributed by atoms with Crippen molar-refractivity contribution < 1.29 is 4.39 Å². The highest BCUT2D eigenvalue weighted by Gasteiger charge is 2.04. The van der Waals surface area contributed by atoms with E-state index >= 15 is 0 Å². The van der Waals surface area contributed by atoms with E-state index in [-0.39, 0.29) is 5.82 Å². The van der Waals surface area contributed by atoms with Crippen LogP contribution >= 0.6 is 0 Å². The zero-order chi connectivity index (χ0) is 14.4. The third kappa shape index (κ3) is 3.70. The molecule has 1 heterocycles. The molecular formula is C16H20FN3. The van der Waals surface area contributed by atoms with E-state index in [4.69, 9.17) is 0 Å². The van der Waals surface area contributed by atoms with Crippen molar-refractivity contribution in [2.75, 3.05) is 23.3 Å². The number of aromatic nitrogens is 1. The molecule has 0 atom stereocenters. The summed E-state index contributed by atoms with van der Waals surface area (Å²) in [5.41, 5.74) is 1.86. The molecule has 3 nitrogen and oxygen atoms in total. The molecule has 0 aliphatic heterocycles. The summed E-state index contributed by atoms with van der Waals surface area (Å²) in [4.78, 5) is 6.85. The van der Waals surface area contributed by atoms with Crippen LogP contribution in [0, 0.1) is 5.82 Å². The zero-order valence-electron chi connectivity index (χ0n) is 11.9. The standard InChI is InChI=1S/C16H20FN3/c1-3-20(4-2)16-7-5-6-15(19-16)12-18-14-10-8-13(17)9-11-14/h5-11,18H,3-4,12H2,1-2H3. The van der Waals surface area contributed by atoms with Gasteiger partial charge in [-0.15, -0.1) is 0 Å². The van der Waals surface area contributed by atoms with Gasteiger partial charge < -0.3 is 10.2 Å². The highest BCUT2D eigenvalue weighted by atomic mass is 19.1. The smallest absolute Gasteiger partial charge is 0.128 e. The average Bonchev–Trinajstić information content (AvgIpc) is 2.48. The molecule has 0 unspecified atom stereocenters. The van der Waals surface area contributed by atoms with Crippen molar-refractivity contribution in [2.24, 2.45) is 0 Å². The fourth-order valence-corrected chi connectivity index (χ4v) is 2.05. The van der Waals surface area contributed by atoms with E-state index in [0.717, 1.165) is 30.3 Å². The first-order valence-corrected chi connectivity index (χ1v) is 6.93. The molecule has 0 saturated heterocycles. The van der Waals surface area contributed by atoms with Gasteiger partial charge in [0.05, 0.1) is 12.2 Å². The molecule has 106 valence electrons. The van der Waals surface area contributed by atoms with Crippen LogP contribution in [0.2, 0.25) is 0 Å². The topological polar surface area (TPSA) is 28.2 Å². The Bertz CT molecular complexity index is 536. The summed E-state index contributed by atoms with van der Waals surface area (Å²) >= 11 is 0. The first kappa shape index (κ1) is 14.3. The molecule has 0 fully saturated rings. The Hall–Kier alpha value is -2.10. The van der Waals surface area contributed by atoms with Gasteiger partial charge in [0.15, 0.2) is 0 Å². The minimum atomic E-state index is -0.225. The maximum absolute atomic E-state index is 12.8. The number of benzene rings is 1. The van der Waals surface area contributed by atoms with Crippen molar-refractivity contribution in [2.45, 2.75) is 20.4 Å². The second-order valence-corrected chi connectivity index (χ2v) is 4.52.